The monoisotopic (exact) mass is 888 g/mol. The van der Waals surface area contributed by atoms with Crippen LogP contribution in [0.4, 0.5) is 34.1 Å². The van der Waals surface area contributed by atoms with E-state index < -0.39 is 0 Å². The molecule has 12 heterocycles. The number of nitrogens with zero attached hydrogens (tertiary/aromatic N) is 2. The number of benzene rings is 8. The van der Waals surface area contributed by atoms with Crippen molar-refractivity contribution in [2.45, 2.75) is 105 Å². The fourth-order valence-corrected chi connectivity index (χ4v) is 17.6. The Labute approximate surface area is 411 Å². The molecule has 0 saturated heterocycles. The predicted molar refractivity (Wildman–Crippen MR) is 302 cm³/mol. The minimum atomic E-state index is -0.00844. The van der Waals surface area contributed by atoms with Gasteiger partial charge in [-0.25, -0.2) is 0 Å². The van der Waals surface area contributed by atoms with Gasteiger partial charge in [0.15, 0.2) is 0 Å². The van der Waals surface area contributed by atoms with Crippen LogP contribution >= 0.6 is 0 Å². The molecule has 0 radical (unpaired) electrons. The van der Waals surface area contributed by atoms with E-state index in [1.807, 2.05) is 0 Å². The predicted octanol–water partition coefficient (Wildman–Crippen LogP) is 7.31. The van der Waals surface area contributed by atoms with E-state index in [1.165, 1.54) is 134 Å². The summed E-state index contributed by atoms with van der Waals surface area (Å²) in [5.74, 6) is 0. The summed E-state index contributed by atoms with van der Waals surface area (Å²) in [6.07, 6.45) is 0. The Morgan fingerprint density at radius 3 is 1.06 bits per heavy atom. The van der Waals surface area contributed by atoms with Crippen molar-refractivity contribution < 1.29 is 0 Å². The molecular formula is C64H48B4N2. The molecule has 0 saturated carbocycles. The molecule has 0 aliphatic carbocycles. The van der Waals surface area contributed by atoms with Gasteiger partial charge in [-0.15, -0.1) is 0 Å². The molecule has 0 bridgehead atoms. The van der Waals surface area contributed by atoms with Crippen LogP contribution in [0.2, 0.25) is 0 Å². The number of anilines is 6. The van der Waals surface area contributed by atoms with Gasteiger partial charge in [0.2, 0.25) is 26.9 Å². The zero-order chi connectivity index (χ0) is 46.7. The third-order valence-corrected chi connectivity index (χ3v) is 20.5. The van der Waals surface area contributed by atoms with Crippen LogP contribution in [0.3, 0.4) is 0 Å². The second-order valence-electron chi connectivity index (χ2n) is 27.9. The van der Waals surface area contributed by atoms with Gasteiger partial charge in [0.25, 0.3) is 0 Å². The molecule has 0 amide bonds. The lowest BCUT2D eigenvalue weighted by Crippen LogP contribution is -2.67. The lowest BCUT2D eigenvalue weighted by atomic mass is 9.31. The molecule has 0 unspecified atom stereocenters. The van der Waals surface area contributed by atoms with Crippen LogP contribution < -0.4 is 75.4 Å². The van der Waals surface area contributed by atoms with E-state index in [-0.39, 0.29) is 48.5 Å². The van der Waals surface area contributed by atoms with E-state index >= 15 is 0 Å². The van der Waals surface area contributed by atoms with E-state index in [1.54, 1.807) is 65.8 Å². The van der Waals surface area contributed by atoms with E-state index in [0.717, 1.165) is 0 Å². The summed E-state index contributed by atoms with van der Waals surface area (Å²) in [5.41, 5.74) is 54.7. The van der Waals surface area contributed by atoms with E-state index in [2.05, 4.69) is 166 Å². The van der Waals surface area contributed by atoms with Gasteiger partial charge in [-0.05, 0) is 178 Å². The molecule has 6 heteroatoms. The highest BCUT2D eigenvalue weighted by atomic mass is 15.3. The third-order valence-electron chi connectivity index (χ3n) is 20.5. The minimum Gasteiger partial charge on any atom is -0.308 e. The van der Waals surface area contributed by atoms with Gasteiger partial charge in [-0.2, -0.15) is 0 Å². The van der Waals surface area contributed by atoms with Gasteiger partial charge in [-0.1, -0.05) is 166 Å². The van der Waals surface area contributed by atoms with Crippen LogP contribution in [0.15, 0.2) is 72.8 Å². The van der Waals surface area contributed by atoms with Crippen molar-refractivity contribution in [3.8, 4) is 77.9 Å². The van der Waals surface area contributed by atoms with Crippen LogP contribution in [0, 0.1) is 0 Å². The highest BCUT2D eigenvalue weighted by Crippen LogP contribution is 2.64. The van der Waals surface area contributed by atoms with Crippen molar-refractivity contribution in [2.24, 2.45) is 0 Å². The molecule has 0 aromatic heterocycles. The molecule has 8 aromatic rings. The van der Waals surface area contributed by atoms with Gasteiger partial charge >= 0.3 is 0 Å². The highest BCUT2D eigenvalue weighted by molar-refractivity contribution is 7.12. The molecule has 0 spiro atoms. The van der Waals surface area contributed by atoms with Crippen molar-refractivity contribution in [1.82, 2.24) is 0 Å². The average Bonchev–Trinajstić information content (AvgIpc) is 4.21. The van der Waals surface area contributed by atoms with Crippen molar-refractivity contribution >= 4 is 127 Å². The summed E-state index contributed by atoms with van der Waals surface area (Å²) in [4.78, 5) is 5.95. The van der Waals surface area contributed by atoms with Gasteiger partial charge in [0.1, 0.15) is 0 Å². The summed E-state index contributed by atoms with van der Waals surface area (Å²) in [6, 6.07) is 31.8. The quantitative estimate of drug-likeness (QED) is 0.148. The van der Waals surface area contributed by atoms with Crippen LogP contribution in [0.25, 0.3) is 77.9 Å². The summed E-state index contributed by atoms with van der Waals surface area (Å²) in [6.45, 7) is 29.9. The van der Waals surface area contributed by atoms with Crippen molar-refractivity contribution in [3.05, 3.63) is 95.1 Å². The molecule has 0 atom stereocenters. The molecule has 0 fully saturated rings. The maximum absolute atomic E-state index is 2.98. The average molecular weight is 888 g/mol. The second kappa shape index (κ2) is 9.82. The molecule has 2 nitrogen and oxygen atoms in total. The van der Waals surface area contributed by atoms with Crippen LogP contribution in [-0.2, 0) is 21.7 Å². The molecule has 12 aliphatic heterocycles. The number of hydrogen-bond acceptors (Lipinski definition) is 2. The standard InChI is InChI=1S/C64H48B4N2/c1-61(2,3)25-13-14-41-29(15-25)34-22-35-31-18-27(63(7,8)9)20-39-43-44-40-21-28(64(10,11)12)19-32-37-23-36-30-16-26(62(4,5)6)17-33-38-24-42-55-58-52(38)66(45(30)33)49(36)57-51(37)68(47(32)40)54(44)60(70(57)58)59-53(43)67(46(31)39)50(35)56(69(55)59)48(34)65(41)42/h13-24H,1-12H3. The Kier molecular flexibility index (Phi) is 5.13. The first-order chi connectivity index (χ1) is 33.3. The molecule has 12 aliphatic rings. The highest BCUT2D eigenvalue weighted by Gasteiger charge is 2.65. The number of hydrogen-bond donors (Lipinski definition) is 0. The maximum atomic E-state index is 2.98. The van der Waals surface area contributed by atoms with E-state index in [0.29, 0.717) is 0 Å². The zero-order valence-electron chi connectivity index (χ0n) is 42.1. The first-order valence-electron chi connectivity index (χ1n) is 26.5. The zero-order valence-corrected chi connectivity index (χ0v) is 42.1. The summed E-state index contributed by atoms with van der Waals surface area (Å²) < 4.78 is 0. The van der Waals surface area contributed by atoms with Crippen molar-refractivity contribution in [1.29, 1.82) is 0 Å². The smallest absolute Gasteiger partial charge is 0.250 e. The number of rotatable bonds is 0. The molecule has 326 valence electrons. The fraction of sp³-hybridized carbons (Fsp3) is 0.250. The molecular weight excluding hydrogens is 840 g/mol. The summed E-state index contributed by atoms with van der Waals surface area (Å²) >= 11 is 0. The van der Waals surface area contributed by atoms with Gasteiger partial charge in [-0.3, -0.25) is 0 Å². The number of fused-ring (bicyclic) bond motifs is 11. The van der Waals surface area contributed by atoms with Crippen molar-refractivity contribution in [3.63, 3.8) is 0 Å². The minimum absolute atomic E-state index is 0.00554. The molecule has 0 N–H and O–H groups in total. The van der Waals surface area contributed by atoms with Gasteiger partial charge < -0.3 is 9.80 Å². The molecule has 8 aromatic carbocycles. The Morgan fingerprint density at radius 2 is 0.586 bits per heavy atom. The fourth-order valence-electron chi connectivity index (χ4n) is 17.6. The Bertz CT molecular complexity index is 4290. The molecule has 70 heavy (non-hydrogen) atoms. The van der Waals surface area contributed by atoms with Crippen LogP contribution in [0.1, 0.15) is 105 Å². The lowest BCUT2D eigenvalue weighted by Gasteiger charge is -2.54. The Hall–Kier alpha value is -6.38. The lowest BCUT2D eigenvalue weighted by molar-refractivity contribution is 0.590. The Morgan fingerprint density at radius 1 is 0.257 bits per heavy atom. The first kappa shape index (κ1) is 36.5. The third kappa shape index (κ3) is 3.28. The SMILES string of the molecule is CC(C)(C)c1ccc2c(c1)-c1cc3c4c5c1B2c1cc2c6c7c1N5c1c5c(c8c9c1N7c1c7c(cc%10c1B9c1c-%10cc(C(C)(C)C)cc1-8)-c1cc(C(C)(C)C)cc-2c1B76)-c1cc(C(C)(C)C)cc-3c1B45. The topological polar surface area (TPSA) is 6.48 Å². The maximum Gasteiger partial charge on any atom is 0.250 e. The van der Waals surface area contributed by atoms with Crippen molar-refractivity contribution in [2.75, 3.05) is 9.80 Å². The van der Waals surface area contributed by atoms with Gasteiger partial charge in [0, 0.05) is 11.4 Å². The largest absolute Gasteiger partial charge is 0.308 e. The summed E-state index contributed by atoms with van der Waals surface area (Å²) in [7, 11) is 0. The second-order valence-corrected chi connectivity index (χ2v) is 27.9. The Balaban J connectivity index is 1.05. The van der Waals surface area contributed by atoms with Crippen LogP contribution in [-0.4, -0.2) is 26.9 Å². The normalized spacial score (nSPS) is 17.0. The van der Waals surface area contributed by atoms with Gasteiger partial charge in [0.05, 0.1) is 22.7 Å². The first-order valence-corrected chi connectivity index (χ1v) is 26.5. The molecule has 20 rings (SSSR count). The van der Waals surface area contributed by atoms with E-state index in [4.69, 9.17) is 0 Å². The summed E-state index contributed by atoms with van der Waals surface area (Å²) in [5, 5.41) is 0. The van der Waals surface area contributed by atoms with E-state index in [9.17, 15) is 0 Å². The van der Waals surface area contributed by atoms with Crippen LogP contribution in [0.5, 0.6) is 0 Å².